The summed E-state index contributed by atoms with van der Waals surface area (Å²) in [6.45, 7) is 0. The Morgan fingerprint density at radius 3 is 2.85 bits per heavy atom. The molecule has 0 aliphatic rings. The van der Waals surface area contributed by atoms with E-state index in [9.17, 15) is 5.11 Å². The number of phenols is 1. The van der Waals surface area contributed by atoms with Crippen LogP contribution in [0.1, 0.15) is 0 Å². The lowest BCUT2D eigenvalue weighted by Crippen LogP contribution is -1.75. The van der Waals surface area contributed by atoms with Gasteiger partial charge in [0.2, 0.25) is 4.73 Å². The van der Waals surface area contributed by atoms with E-state index in [2.05, 4.69) is 26.1 Å². The molecule has 0 saturated carbocycles. The van der Waals surface area contributed by atoms with Crippen molar-refractivity contribution in [2.45, 2.75) is 0 Å². The molecule has 1 aromatic carbocycles. The molecule has 0 unspecified atom stereocenters. The molecule has 2 rings (SSSR count). The highest BCUT2D eigenvalue weighted by Crippen LogP contribution is 2.22. The van der Waals surface area contributed by atoms with Crippen LogP contribution in [0.15, 0.2) is 33.5 Å². The van der Waals surface area contributed by atoms with Crippen LogP contribution in [0.2, 0.25) is 0 Å². The number of hydrogen-bond donors (Lipinski definition) is 1. The predicted molar refractivity (Wildman–Crippen MR) is 49.1 cm³/mol. The topological polar surface area (TPSA) is 59.2 Å². The van der Waals surface area contributed by atoms with Crippen molar-refractivity contribution in [1.82, 2.24) is 10.1 Å². The fraction of sp³-hybridized carbons (Fsp3) is 0. The average molecular weight is 241 g/mol. The number of benzene rings is 1. The van der Waals surface area contributed by atoms with E-state index in [4.69, 9.17) is 4.52 Å². The van der Waals surface area contributed by atoms with Crippen LogP contribution in [0, 0.1) is 0 Å². The first-order chi connectivity index (χ1) is 6.25. The Hall–Kier alpha value is -1.36. The second-order valence-electron chi connectivity index (χ2n) is 2.42. The molecule has 66 valence electrons. The van der Waals surface area contributed by atoms with Gasteiger partial charge in [-0.3, -0.25) is 0 Å². The van der Waals surface area contributed by atoms with Crippen LogP contribution in [0.25, 0.3) is 11.5 Å². The van der Waals surface area contributed by atoms with Gasteiger partial charge in [0.05, 0.1) is 0 Å². The summed E-state index contributed by atoms with van der Waals surface area (Å²) in [5.74, 6) is 0.551. The van der Waals surface area contributed by atoms with Gasteiger partial charge in [-0.05, 0) is 39.3 Å². The monoisotopic (exact) mass is 240 g/mol. The van der Waals surface area contributed by atoms with Gasteiger partial charge in [0.1, 0.15) is 5.75 Å². The molecule has 13 heavy (non-hydrogen) atoms. The van der Waals surface area contributed by atoms with Crippen molar-refractivity contribution < 1.29 is 9.63 Å². The summed E-state index contributed by atoms with van der Waals surface area (Å²) >= 11 is 3.07. The van der Waals surface area contributed by atoms with E-state index in [0.29, 0.717) is 16.2 Å². The molecule has 0 amide bonds. The molecule has 1 N–H and O–H groups in total. The van der Waals surface area contributed by atoms with Crippen LogP contribution < -0.4 is 0 Å². The molecule has 2 aromatic rings. The zero-order valence-electron chi connectivity index (χ0n) is 6.44. The van der Waals surface area contributed by atoms with E-state index in [1.807, 2.05) is 0 Å². The highest BCUT2D eigenvalue weighted by atomic mass is 79.9. The number of rotatable bonds is 1. The van der Waals surface area contributed by atoms with Crippen LogP contribution in [0.5, 0.6) is 5.75 Å². The third kappa shape index (κ3) is 1.70. The summed E-state index contributed by atoms with van der Waals surface area (Å²) < 4.78 is 5.28. The van der Waals surface area contributed by atoms with Gasteiger partial charge in [0.25, 0.3) is 5.89 Å². The smallest absolute Gasteiger partial charge is 0.258 e. The zero-order chi connectivity index (χ0) is 9.26. The lowest BCUT2D eigenvalue weighted by molar-refractivity contribution is 0.425. The third-order valence-corrected chi connectivity index (χ3v) is 1.82. The predicted octanol–water partition coefficient (Wildman–Crippen LogP) is 2.20. The Balaban J connectivity index is 2.46. The van der Waals surface area contributed by atoms with Crippen LogP contribution in [-0.4, -0.2) is 15.2 Å². The Morgan fingerprint density at radius 2 is 2.23 bits per heavy atom. The molecule has 0 aliphatic heterocycles. The van der Waals surface area contributed by atoms with E-state index < -0.39 is 0 Å². The molecule has 0 fully saturated rings. The number of phenolic OH excluding ortho intramolecular Hbond substituents is 1. The van der Waals surface area contributed by atoms with Crippen LogP contribution in [0.4, 0.5) is 0 Å². The van der Waals surface area contributed by atoms with Gasteiger partial charge in [-0.25, -0.2) is 0 Å². The Morgan fingerprint density at radius 1 is 1.38 bits per heavy atom. The van der Waals surface area contributed by atoms with Gasteiger partial charge in [0, 0.05) is 5.56 Å². The quantitative estimate of drug-likeness (QED) is 0.831. The molecule has 4 nitrogen and oxygen atoms in total. The molecular weight excluding hydrogens is 236 g/mol. The Bertz CT molecular complexity index is 428. The summed E-state index contributed by atoms with van der Waals surface area (Å²) in [6.07, 6.45) is 0. The summed E-state index contributed by atoms with van der Waals surface area (Å²) in [5.41, 5.74) is 0.693. The van der Waals surface area contributed by atoms with Crippen LogP contribution in [-0.2, 0) is 0 Å². The lowest BCUT2D eigenvalue weighted by Gasteiger charge is -1.93. The minimum Gasteiger partial charge on any atom is -0.508 e. The molecular formula is C8H5BrN2O2. The van der Waals surface area contributed by atoms with Crippen molar-refractivity contribution in [2.75, 3.05) is 0 Å². The van der Waals surface area contributed by atoms with E-state index in [1.54, 1.807) is 24.3 Å². The minimum atomic E-state index is 0.173. The SMILES string of the molecule is Oc1cccc(-c2nc(Br)no2)c1. The maximum absolute atomic E-state index is 9.18. The highest BCUT2D eigenvalue weighted by Gasteiger charge is 2.06. The van der Waals surface area contributed by atoms with Crippen LogP contribution >= 0.6 is 15.9 Å². The molecule has 0 atom stereocenters. The van der Waals surface area contributed by atoms with Gasteiger partial charge < -0.3 is 9.63 Å². The molecule has 0 radical (unpaired) electrons. The molecule has 0 bridgehead atoms. The lowest BCUT2D eigenvalue weighted by atomic mass is 10.2. The van der Waals surface area contributed by atoms with Crippen molar-refractivity contribution in [3.63, 3.8) is 0 Å². The van der Waals surface area contributed by atoms with Crippen molar-refractivity contribution in [3.8, 4) is 17.2 Å². The molecule has 0 saturated heterocycles. The Labute approximate surface area is 82.3 Å². The third-order valence-electron chi connectivity index (χ3n) is 1.49. The zero-order valence-corrected chi connectivity index (χ0v) is 8.02. The number of halogens is 1. The second-order valence-corrected chi connectivity index (χ2v) is 3.13. The van der Waals surface area contributed by atoms with Gasteiger partial charge in [0.15, 0.2) is 0 Å². The number of aromatic hydroxyl groups is 1. The Kier molecular flexibility index (Phi) is 2.02. The fourth-order valence-electron chi connectivity index (χ4n) is 0.962. The number of hydrogen-bond acceptors (Lipinski definition) is 4. The molecule has 5 heteroatoms. The number of aromatic nitrogens is 2. The van der Waals surface area contributed by atoms with Gasteiger partial charge in [-0.15, -0.1) is 0 Å². The van der Waals surface area contributed by atoms with Crippen molar-refractivity contribution in [3.05, 3.63) is 29.0 Å². The highest BCUT2D eigenvalue weighted by molar-refractivity contribution is 9.10. The van der Waals surface area contributed by atoms with E-state index >= 15 is 0 Å². The summed E-state index contributed by atoms with van der Waals surface area (Å²) in [7, 11) is 0. The first kappa shape index (κ1) is 8.25. The first-order valence-electron chi connectivity index (χ1n) is 3.54. The maximum atomic E-state index is 9.18. The van der Waals surface area contributed by atoms with Crippen LogP contribution in [0.3, 0.4) is 0 Å². The van der Waals surface area contributed by atoms with E-state index in [1.165, 1.54) is 0 Å². The van der Waals surface area contributed by atoms with Gasteiger partial charge in [-0.2, -0.15) is 4.98 Å². The molecule has 1 heterocycles. The van der Waals surface area contributed by atoms with Gasteiger partial charge in [-0.1, -0.05) is 6.07 Å². The summed E-state index contributed by atoms with van der Waals surface area (Å²) in [5, 5.41) is 12.8. The first-order valence-corrected chi connectivity index (χ1v) is 4.33. The standard InChI is InChI=1S/C8H5BrN2O2/c9-8-10-7(13-11-8)5-2-1-3-6(12)4-5/h1-4,12H. The fourth-order valence-corrected chi connectivity index (χ4v) is 1.20. The number of nitrogens with zero attached hydrogens (tertiary/aromatic N) is 2. The van der Waals surface area contributed by atoms with Gasteiger partial charge >= 0.3 is 0 Å². The normalized spacial score (nSPS) is 10.2. The molecule has 0 spiro atoms. The largest absolute Gasteiger partial charge is 0.508 e. The molecule has 1 aromatic heterocycles. The minimum absolute atomic E-state index is 0.173. The van der Waals surface area contributed by atoms with Crippen molar-refractivity contribution >= 4 is 15.9 Å². The summed E-state index contributed by atoms with van der Waals surface area (Å²) in [6, 6.07) is 6.62. The van der Waals surface area contributed by atoms with Crippen molar-refractivity contribution in [1.29, 1.82) is 0 Å². The van der Waals surface area contributed by atoms with E-state index in [-0.39, 0.29) is 5.75 Å². The maximum Gasteiger partial charge on any atom is 0.258 e. The summed E-state index contributed by atoms with van der Waals surface area (Å²) in [4.78, 5) is 3.95. The second kappa shape index (κ2) is 3.18. The van der Waals surface area contributed by atoms with E-state index in [0.717, 1.165) is 0 Å². The average Bonchev–Trinajstić information content (AvgIpc) is 2.52. The molecule has 0 aliphatic carbocycles. The van der Waals surface area contributed by atoms with Crippen molar-refractivity contribution in [2.24, 2.45) is 0 Å².